The van der Waals surface area contributed by atoms with E-state index in [1.807, 2.05) is 50.6 Å². The molecule has 0 saturated heterocycles. The fourth-order valence-electron chi connectivity index (χ4n) is 2.74. The predicted octanol–water partition coefficient (Wildman–Crippen LogP) is 3.91. The molecule has 158 valence electrons. The molecule has 30 heavy (non-hydrogen) atoms. The Morgan fingerprint density at radius 1 is 1.20 bits per heavy atom. The highest BCUT2D eigenvalue weighted by atomic mass is 32.1. The van der Waals surface area contributed by atoms with Gasteiger partial charge in [-0.1, -0.05) is 17.4 Å². The van der Waals surface area contributed by atoms with E-state index in [1.54, 1.807) is 18.3 Å². The molecule has 2 N–H and O–H groups in total. The number of nitrogens with one attached hydrogen (secondary N) is 2. The number of carbonyl (C=O) groups is 2. The first-order chi connectivity index (χ1) is 14.2. The molecule has 0 atom stereocenters. The SMILES string of the molecule is Cc1cccc(-c2nc(NC(=O)CNC(=O)c3ccn(C(C)(C)C)c3)sc2CF)n1. The van der Waals surface area contributed by atoms with E-state index in [1.165, 1.54) is 0 Å². The second-order valence-electron chi connectivity index (χ2n) is 7.80. The van der Waals surface area contributed by atoms with Crippen LogP contribution in [0.5, 0.6) is 0 Å². The number of hydrogen-bond donors (Lipinski definition) is 2. The van der Waals surface area contributed by atoms with Crippen LogP contribution in [0.15, 0.2) is 36.7 Å². The van der Waals surface area contributed by atoms with Gasteiger partial charge in [-0.2, -0.15) is 0 Å². The lowest BCUT2D eigenvalue weighted by atomic mass is 10.1. The van der Waals surface area contributed by atoms with Gasteiger partial charge in [0.05, 0.1) is 22.7 Å². The molecule has 0 fully saturated rings. The number of nitrogens with zero attached hydrogens (tertiary/aromatic N) is 3. The quantitative estimate of drug-likeness (QED) is 0.622. The molecule has 0 unspecified atom stereocenters. The van der Waals surface area contributed by atoms with Crippen molar-refractivity contribution in [1.29, 1.82) is 0 Å². The van der Waals surface area contributed by atoms with Gasteiger partial charge < -0.3 is 15.2 Å². The second kappa shape index (κ2) is 8.74. The van der Waals surface area contributed by atoms with Crippen molar-refractivity contribution in [1.82, 2.24) is 19.9 Å². The summed E-state index contributed by atoms with van der Waals surface area (Å²) < 4.78 is 15.3. The summed E-state index contributed by atoms with van der Waals surface area (Å²) in [5, 5.41) is 5.46. The topological polar surface area (TPSA) is 88.9 Å². The van der Waals surface area contributed by atoms with Crippen molar-refractivity contribution in [3.63, 3.8) is 0 Å². The number of rotatable bonds is 6. The number of hydrogen-bond acceptors (Lipinski definition) is 5. The zero-order valence-corrected chi connectivity index (χ0v) is 18.1. The maximum atomic E-state index is 13.4. The number of pyridine rings is 1. The normalized spacial score (nSPS) is 11.4. The van der Waals surface area contributed by atoms with Crippen molar-refractivity contribution in [2.24, 2.45) is 0 Å². The Bertz CT molecular complexity index is 1070. The molecule has 3 aromatic heterocycles. The number of aromatic nitrogens is 3. The van der Waals surface area contributed by atoms with E-state index in [2.05, 4.69) is 20.6 Å². The van der Waals surface area contributed by atoms with Gasteiger partial charge in [0.15, 0.2) is 5.13 Å². The zero-order valence-electron chi connectivity index (χ0n) is 17.3. The smallest absolute Gasteiger partial charge is 0.253 e. The molecule has 2 amide bonds. The first-order valence-electron chi connectivity index (χ1n) is 9.43. The highest BCUT2D eigenvalue weighted by Gasteiger charge is 2.18. The van der Waals surface area contributed by atoms with Crippen LogP contribution in [0.3, 0.4) is 0 Å². The molecule has 9 heteroatoms. The van der Waals surface area contributed by atoms with Crippen LogP contribution in [-0.2, 0) is 17.0 Å². The number of anilines is 1. The van der Waals surface area contributed by atoms with Crippen molar-refractivity contribution in [2.75, 3.05) is 11.9 Å². The summed E-state index contributed by atoms with van der Waals surface area (Å²) in [5.41, 5.74) is 2.09. The van der Waals surface area contributed by atoms with Gasteiger partial charge >= 0.3 is 0 Å². The van der Waals surface area contributed by atoms with Crippen LogP contribution in [0, 0.1) is 6.92 Å². The molecule has 0 saturated carbocycles. The molecule has 0 bridgehead atoms. The largest absolute Gasteiger partial charge is 0.348 e. The van der Waals surface area contributed by atoms with Gasteiger partial charge in [-0.05, 0) is 45.9 Å². The maximum absolute atomic E-state index is 13.4. The van der Waals surface area contributed by atoms with Crippen molar-refractivity contribution >= 4 is 28.3 Å². The monoisotopic (exact) mass is 429 g/mol. The molecule has 0 aromatic carbocycles. The van der Waals surface area contributed by atoms with Crippen molar-refractivity contribution in [3.05, 3.63) is 52.8 Å². The first kappa shape index (κ1) is 21.6. The van der Waals surface area contributed by atoms with E-state index in [-0.39, 0.29) is 23.1 Å². The van der Waals surface area contributed by atoms with Crippen LogP contribution in [0.25, 0.3) is 11.4 Å². The molecule has 3 aromatic rings. The molecule has 3 heterocycles. The van der Waals surface area contributed by atoms with Gasteiger partial charge in [-0.3, -0.25) is 14.6 Å². The summed E-state index contributed by atoms with van der Waals surface area (Å²) >= 11 is 1.05. The van der Waals surface area contributed by atoms with Crippen LogP contribution < -0.4 is 10.6 Å². The van der Waals surface area contributed by atoms with E-state index in [4.69, 9.17) is 0 Å². The van der Waals surface area contributed by atoms with Gasteiger partial charge in [0, 0.05) is 23.6 Å². The van der Waals surface area contributed by atoms with Crippen LogP contribution in [0.1, 0.15) is 41.7 Å². The second-order valence-corrected chi connectivity index (χ2v) is 8.88. The molecule has 0 aliphatic rings. The van der Waals surface area contributed by atoms with E-state index in [0.717, 1.165) is 17.0 Å². The third kappa shape index (κ3) is 5.10. The summed E-state index contributed by atoms with van der Waals surface area (Å²) in [6.07, 6.45) is 3.56. The number of amides is 2. The lowest BCUT2D eigenvalue weighted by molar-refractivity contribution is -0.115. The molecular formula is C21H24FN5O2S. The Morgan fingerprint density at radius 3 is 2.60 bits per heavy atom. The number of aryl methyl sites for hydroxylation is 1. The highest BCUT2D eigenvalue weighted by Crippen LogP contribution is 2.31. The Labute approximate surface area is 178 Å². The number of alkyl halides is 1. The molecule has 0 radical (unpaired) electrons. The third-order valence-corrected chi connectivity index (χ3v) is 5.27. The highest BCUT2D eigenvalue weighted by molar-refractivity contribution is 7.16. The molecule has 0 aliphatic heterocycles. The average Bonchev–Trinajstić information content (AvgIpc) is 3.33. The number of thiazole rings is 1. The molecule has 7 nitrogen and oxygen atoms in total. The van der Waals surface area contributed by atoms with Crippen LogP contribution in [-0.4, -0.2) is 32.9 Å². The summed E-state index contributed by atoms with van der Waals surface area (Å²) in [4.78, 5) is 33.6. The molecule has 0 aliphatic carbocycles. The van der Waals surface area contributed by atoms with Crippen LogP contribution in [0.2, 0.25) is 0 Å². The van der Waals surface area contributed by atoms with Crippen LogP contribution in [0.4, 0.5) is 9.52 Å². The van der Waals surface area contributed by atoms with Gasteiger partial charge in [-0.25, -0.2) is 9.37 Å². The summed E-state index contributed by atoms with van der Waals surface area (Å²) in [6.45, 7) is 7.00. The summed E-state index contributed by atoms with van der Waals surface area (Å²) in [6, 6.07) is 7.11. The lowest BCUT2D eigenvalue weighted by Gasteiger charge is -2.20. The maximum Gasteiger partial charge on any atom is 0.253 e. The Hall–Kier alpha value is -3.07. The van der Waals surface area contributed by atoms with Crippen molar-refractivity contribution in [3.8, 4) is 11.4 Å². The van der Waals surface area contributed by atoms with Crippen molar-refractivity contribution in [2.45, 2.75) is 39.9 Å². The van der Waals surface area contributed by atoms with E-state index in [0.29, 0.717) is 21.8 Å². The van der Waals surface area contributed by atoms with Gasteiger partial charge in [0.1, 0.15) is 12.4 Å². The van der Waals surface area contributed by atoms with Gasteiger partial charge in [0.25, 0.3) is 5.91 Å². The van der Waals surface area contributed by atoms with E-state index >= 15 is 0 Å². The standard InChI is InChI=1S/C21H24FN5O2S/c1-13-6-5-7-15(24-13)18-16(10-22)30-20(26-18)25-17(28)11-23-19(29)14-8-9-27(12-14)21(2,3)4/h5-9,12H,10-11H2,1-4H3,(H,23,29)(H,25,26,28). The Morgan fingerprint density at radius 2 is 1.97 bits per heavy atom. The van der Waals surface area contributed by atoms with E-state index < -0.39 is 12.6 Å². The van der Waals surface area contributed by atoms with Gasteiger partial charge in [0.2, 0.25) is 5.91 Å². The zero-order chi connectivity index (χ0) is 21.9. The minimum atomic E-state index is -0.708. The van der Waals surface area contributed by atoms with Crippen molar-refractivity contribution < 1.29 is 14.0 Å². The minimum Gasteiger partial charge on any atom is -0.348 e. The third-order valence-electron chi connectivity index (χ3n) is 4.34. The average molecular weight is 430 g/mol. The predicted molar refractivity (Wildman–Crippen MR) is 115 cm³/mol. The Balaban J connectivity index is 1.62. The number of carbonyl (C=O) groups excluding carboxylic acids is 2. The lowest BCUT2D eigenvalue weighted by Crippen LogP contribution is -2.32. The first-order valence-corrected chi connectivity index (χ1v) is 10.3. The number of halogens is 1. The Kier molecular flexibility index (Phi) is 6.31. The fourth-order valence-corrected chi connectivity index (χ4v) is 3.58. The molecular weight excluding hydrogens is 405 g/mol. The molecule has 0 spiro atoms. The minimum absolute atomic E-state index is 0.140. The van der Waals surface area contributed by atoms with E-state index in [9.17, 15) is 14.0 Å². The summed E-state index contributed by atoms with van der Waals surface area (Å²) in [5.74, 6) is -0.789. The van der Waals surface area contributed by atoms with Gasteiger partial charge in [-0.15, -0.1) is 0 Å². The summed E-state index contributed by atoms with van der Waals surface area (Å²) in [7, 11) is 0. The fraction of sp³-hybridized carbons (Fsp3) is 0.333. The molecule has 3 rings (SSSR count). The van der Waals surface area contributed by atoms with Crippen LogP contribution >= 0.6 is 11.3 Å².